The molecule has 0 bridgehead atoms. The SMILES string of the molecule is C#CCN(Cc1ccc(F)cc1)C(=O)c1ccc(COc2ccc(F)cc2)o1. The summed E-state index contributed by atoms with van der Waals surface area (Å²) in [5.74, 6) is 2.40. The number of carbonyl (C=O) groups is 1. The van der Waals surface area contributed by atoms with Crippen LogP contribution < -0.4 is 4.74 Å². The Hall–Kier alpha value is -3.59. The van der Waals surface area contributed by atoms with Crippen molar-refractivity contribution < 1.29 is 22.7 Å². The van der Waals surface area contributed by atoms with E-state index in [9.17, 15) is 13.6 Å². The molecular weight excluding hydrogens is 364 g/mol. The summed E-state index contributed by atoms with van der Waals surface area (Å²) in [6.45, 7) is 0.399. The second kappa shape index (κ2) is 8.87. The Morgan fingerprint density at radius 3 is 2.29 bits per heavy atom. The van der Waals surface area contributed by atoms with Crippen LogP contribution in [0, 0.1) is 24.0 Å². The lowest BCUT2D eigenvalue weighted by Crippen LogP contribution is -2.30. The molecule has 142 valence electrons. The molecule has 1 heterocycles. The molecule has 0 unspecified atom stereocenters. The molecule has 2 aromatic carbocycles. The average molecular weight is 381 g/mol. The maximum atomic E-state index is 13.1. The van der Waals surface area contributed by atoms with E-state index >= 15 is 0 Å². The molecule has 0 N–H and O–H groups in total. The van der Waals surface area contributed by atoms with Crippen LogP contribution in [0.15, 0.2) is 65.1 Å². The van der Waals surface area contributed by atoms with Crippen molar-refractivity contribution in [1.29, 1.82) is 0 Å². The number of carbonyl (C=O) groups excluding carboxylic acids is 1. The molecule has 3 rings (SSSR count). The molecular formula is C22H17F2NO3. The van der Waals surface area contributed by atoms with Gasteiger partial charge in [-0.25, -0.2) is 8.78 Å². The van der Waals surface area contributed by atoms with Gasteiger partial charge in [-0.3, -0.25) is 4.79 Å². The second-order valence-corrected chi connectivity index (χ2v) is 6.00. The van der Waals surface area contributed by atoms with Gasteiger partial charge in [0, 0.05) is 6.54 Å². The van der Waals surface area contributed by atoms with Gasteiger partial charge < -0.3 is 14.1 Å². The molecule has 0 aliphatic carbocycles. The van der Waals surface area contributed by atoms with Gasteiger partial charge in [0.2, 0.25) is 0 Å². The van der Waals surface area contributed by atoms with Crippen molar-refractivity contribution in [2.45, 2.75) is 13.2 Å². The van der Waals surface area contributed by atoms with E-state index in [0.717, 1.165) is 5.56 Å². The van der Waals surface area contributed by atoms with Crippen LogP contribution in [0.1, 0.15) is 21.9 Å². The Morgan fingerprint density at radius 1 is 1.00 bits per heavy atom. The van der Waals surface area contributed by atoms with Gasteiger partial charge in [0.25, 0.3) is 5.91 Å². The molecule has 0 radical (unpaired) electrons. The first-order chi connectivity index (χ1) is 13.5. The minimum atomic E-state index is -0.379. The predicted octanol–water partition coefficient (Wildman–Crippen LogP) is 4.41. The van der Waals surface area contributed by atoms with Gasteiger partial charge in [0.05, 0.1) is 6.54 Å². The molecule has 1 amide bonds. The normalized spacial score (nSPS) is 10.3. The number of amides is 1. The lowest BCUT2D eigenvalue weighted by Gasteiger charge is -2.19. The maximum absolute atomic E-state index is 13.1. The first kappa shape index (κ1) is 19.2. The van der Waals surface area contributed by atoms with E-state index in [-0.39, 0.29) is 43.0 Å². The molecule has 4 nitrogen and oxygen atoms in total. The molecule has 0 aliphatic rings. The summed E-state index contributed by atoms with van der Waals surface area (Å²) < 4.78 is 37.0. The Bertz CT molecular complexity index is 972. The zero-order valence-electron chi connectivity index (χ0n) is 14.9. The molecule has 0 spiro atoms. The fourth-order valence-electron chi connectivity index (χ4n) is 2.53. The van der Waals surface area contributed by atoms with Crippen molar-refractivity contribution in [2.75, 3.05) is 6.54 Å². The minimum absolute atomic E-state index is 0.0817. The molecule has 28 heavy (non-hydrogen) atoms. The molecule has 0 aliphatic heterocycles. The molecule has 0 atom stereocenters. The smallest absolute Gasteiger partial charge is 0.290 e. The van der Waals surface area contributed by atoms with Crippen LogP contribution in [0.3, 0.4) is 0 Å². The summed E-state index contributed by atoms with van der Waals surface area (Å²) >= 11 is 0. The van der Waals surface area contributed by atoms with Crippen molar-refractivity contribution in [3.05, 3.63) is 89.4 Å². The van der Waals surface area contributed by atoms with Crippen molar-refractivity contribution in [3.8, 4) is 18.1 Å². The van der Waals surface area contributed by atoms with Gasteiger partial charge in [-0.2, -0.15) is 0 Å². The van der Waals surface area contributed by atoms with Crippen molar-refractivity contribution in [2.24, 2.45) is 0 Å². The van der Waals surface area contributed by atoms with Gasteiger partial charge in [-0.15, -0.1) is 6.42 Å². The summed E-state index contributed by atoms with van der Waals surface area (Å²) in [5, 5.41) is 0. The zero-order chi connectivity index (χ0) is 19.9. The third kappa shape index (κ3) is 4.98. The molecule has 0 saturated carbocycles. The number of hydrogen-bond donors (Lipinski definition) is 0. The lowest BCUT2D eigenvalue weighted by molar-refractivity contribution is 0.0729. The number of ether oxygens (including phenoxy) is 1. The Kier molecular flexibility index (Phi) is 6.07. The number of benzene rings is 2. The van der Waals surface area contributed by atoms with E-state index in [4.69, 9.17) is 15.6 Å². The van der Waals surface area contributed by atoms with E-state index in [1.165, 1.54) is 41.3 Å². The van der Waals surface area contributed by atoms with E-state index in [1.807, 2.05) is 0 Å². The van der Waals surface area contributed by atoms with Gasteiger partial charge in [-0.05, 0) is 54.1 Å². The van der Waals surface area contributed by atoms with Gasteiger partial charge in [0.15, 0.2) is 5.76 Å². The number of halogens is 2. The summed E-state index contributed by atoms with van der Waals surface area (Å²) in [6, 6.07) is 14.6. The van der Waals surface area contributed by atoms with Crippen molar-refractivity contribution in [3.63, 3.8) is 0 Å². The van der Waals surface area contributed by atoms with Crippen LogP contribution >= 0.6 is 0 Å². The zero-order valence-corrected chi connectivity index (χ0v) is 14.9. The molecule has 3 aromatic rings. The summed E-state index contributed by atoms with van der Waals surface area (Å²) in [5.41, 5.74) is 0.747. The summed E-state index contributed by atoms with van der Waals surface area (Å²) in [4.78, 5) is 14.1. The second-order valence-electron chi connectivity index (χ2n) is 6.00. The number of hydrogen-bond acceptors (Lipinski definition) is 3. The number of rotatable bonds is 7. The highest BCUT2D eigenvalue weighted by Crippen LogP contribution is 2.17. The van der Waals surface area contributed by atoms with Crippen LogP contribution in [-0.2, 0) is 13.2 Å². The molecule has 1 aromatic heterocycles. The predicted molar refractivity (Wildman–Crippen MR) is 99.4 cm³/mol. The first-order valence-corrected chi connectivity index (χ1v) is 8.49. The summed E-state index contributed by atoms with van der Waals surface area (Å²) in [7, 11) is 0. The Labute approximate surface area is 161 Å². The highest BCUT2D eigenvalue weighted by molar-refractivity contribution is 5.91. The molecule has 0 saturated heterocycles. The summed E-state index contributed by atoms with van der Waals surface area (Å²) in [6.07, 6.45) is 5.37. The van der Waals surface area contributed by atoms with Crippen molar-refractivity contribution >= 4 is 5.91 Å². The Morgan fingerprint density at radius 2 is 1.64 bits per heavy atom. The quantitative estimate of drug-likeness (QED) is 0.570. The number of furan rings is 1. The number of terminal acetylenes is 1. The van der Waals surface area contributed by atoms with Crippen LogP contribution in [0.4, 0.5) is 8.78 Å². The minimum Gasteiger partial charge on any atom is -0.486 e. The third-order valence-electron chi connectivity index (χ3n) is 3.92. The third-order valence-corrected chi connectivity index (χ3v) is 3.92. The van der Waals surface area contributed by atoms with Crippen LogP contribution in [0.2, 0.25) is 0 Å². The van der Waals surface area contributed by atoms with E-state index in [0.29, 0.717) is 11.5 Å². The van der Waals surface area contributed by atoms with Crippen LogP contribution in [0.25, 0.3) is 0 Å². The fraction of sp³-hybridized carbons (Fsp3) is 0.136. The highest BCUT2D eigenvalue weighted by atomic mass is 19.1. The van der Waals surface area contributed by atoms with E-state index in [2.05, 4.69) is 5.92 Å². The maximum Gasteiger partial charge on any atom is 0.290 e. The molecule has 0 fully saturated rings. The standard InChI is InChI=1S/C22H17F2NO3/c1-2-13-25(14-16-3-5-17(23)6-4-16)22(26)21-12-11-20(28-21)15-27-19-9-7-18(24)8-10-19/h1,3-12H,13-15H2. The fourth-order valence-corrected chi connectivity index (χ4v) is 2.53. The van der Waals surface area contributed by atoms with Gasteiger partial charge >= 0.3 is 0 Å². The molecule has 6 heteroatoms. The van der Waals surface area contributed by atoms with Gasteiger partial charge in [-0.1, -0.05) is 18.1 Å². The topological polar surface area (TPSA) is 42.7 Å². The average Bonchev–Trinajstić information content (AvgIpc) is 3.17. The lowest BCUT2D eigenvalue weighted by atomic mass is 10.2. The highest BCUT2D eigenvalue weighted by Gasteiger charge is 2.19. The van der Waals surface area contributed by atoms with Crippen LogP contribution in [-0.4, -0.2) is 17.4 Å². The largest absolute Gasteiger partial charge is 0.486 e. The monoisotopic (exact) mass is 381 g/mol. The Balaban J connectivity index is 1.65. The number of nitrogens with zero attached hydrogens (tertiary/aromatic N) is 1. The van der Waals surface area contributed by atoms with E-state index < -0.39 is 0 Å². The first-order valence-electron chi connectivity index (χ1n) is 8.49. The van der Waals surface area contributed by atoms with E-state index in [1.54, 1.807) is 24.3 Å². The van der Waals surface area contributed by atoms with Gasteiger partial charge in [0.1, 0.15) is 29.8 Å². The van der Waals surface area contributed by atoms with Crippen LogP contribution in [0.5, 0.6) is 5.75 Å². The van der Waals surface area contributed by atoms with Crippen molar-refractivity contribution in [1.82, 2.24) is 4.90 Å².